The lowest BCUT2D eigenvalue weighted by molar-refractivity contribution is -0.141. The SMILES string of the molecule is CC(O)(CNC(=O)c1ccc(I)c(Cl)c1)CC(=O)O. The van der Waals surface area contributed by atoms with E-state index in [0.717, 1.165) is 3.57 Å². The minimum absolute atomic E-state index is 0.151. The van der Waals surface area contributed by atoms with E-state index < -0.39 is 23.9 Å². The number of carboxylic acid groups (broad SMARTS) is 1. The Morgan fingerprint density at radius 1 is 1.47 bits per heavy atom. The van der Waals surface area contributed by atoms with Gasteiger partial charge in [0.1, 0.15) is 0 Å². The largest absolute Gasteiger partial charge is 0.481 e. The maximum absolute atomic E-state index is 11.8. The summed E-state index contributed by atoms with van der Waals surface area (Å²) in [5, 5.41) is 21.3. The van der Waals surface area contributed by atoms with Crippen molar-refractivity contribution < 1.29 is 19.8 Å². The lowest BCUT2D eigenvalue weighted by Gasteiger charge is -2.21. The standard InChI is InChI=1S/C12H13ClINO4/c1-12(19,5-10(16)17)6-15-11(18)7-2-3-9(14)8(13)4-7/h2-4,19H,5-6H2,1H3,(H,15,18)(H,16,17). The van der Waals surface area contributed by atoms with Crippen molar-refractivity contribution in [3.63, 3.8) is 0 Å². The second-order valence-corrected chi connectivity index (χ2v) is 5.95. The van der Waals surface area contributed by atoms with Gasteiger partial charge in [-0.1, -0.05) is 11.6 Å². The second-order valence-electron chi connectivity index (χ2n) is 4.38. The molecule has 0 fully saturated rings. The van der Waals surface area contributed by atoms with Crippen molar-refractivity contribution in [2.45, 2.75) is 18.9 Å². The lowest BCUT2D eigenvalue weighted by Crippen LogP contribution is -2.42. The summed E-state index contributed by atoms with van der Waals surface area (Å²) in [6.07, 6.45) is -0.444. The molecule has 19 heavy (non-hydrogen) atoms. The first kappa shape index (κ1) is 16.2. The van der Waals surface area contributed by atoms with Gasteiger partial charge in [0.25, 0.3) is 5.91 Å². The summed E-state index contributed by atoms with van der Waals surface area (Å²) in [4.78, 5) is 22.3. The quantitative estimate of drug-likeness (QED) is 0.663. The predicted octanol–water partition coefficient (Wildman–Crippen LogP) is 1.90. The van der Waals surface area contributed by atoms with Gasteiger partial charge in [0, 0.05) is 15.7 Å². The number of hydrogen-bond donors (Lipinski definition) is 3. The van der Waals surface area contributed by atoms with Gasteiger partial charge in [0.15, 0.2) is 0 Å². The number of amides is 1. The number of aliphatic carboxylic acids is 1. The van der Waals surface area contributed by atoms with Gasteiger partial charge in [-0.3, -0.25) is 9.59 Å². The van der Waals surface area contributed by atoms with Gasteiger partial charge in [-0.2, -0.15) is 0 Å². The van der Waals surface area contributed by atoms with Crippen LogP contribution in [0.25, 0.3) is 0 Å². The Balaban J connectivity index is 2.65. The van der Waals surface area contributed by atoms with Crippen molar-refractivity contribution >= 4 is 46.1 Å². The monoisotopic (exact) mass is 397 g/mol. The Morgan fingerprint density at radius 2 is 2.11 bits per heavy atom. The van der Waals surface area contributed by atoms with Gasteiger partial charge in [0.2, 0.25) is 0 Å². The van der Waals surface area contributed by atoms with Crippen LogP contribution in [0.1, 0.15) is 23.7 Å². The Hall–Kier alpha value is -0.860. The molecule has 7 heteroatoms. The number of carbonyl (C=O) groups is 2. The van der Waals surface area contributed by atoms with Crippen LogP contribution in [-0.2, 0) is 4.79 Å². The van der Waals surface area contributed by atoms with Crippen LogP contribution in [0.15, 0.2) is 18.2 Å². The van der Waals surface area contributed by atoms with Crippen LogP contribution in [0, 0.1) is 3.57 Å². The highest BCUT2D eigenvalue weighted by Crippen LogP contribution is 2.19. The van der Waals surface area contributed by atoms with E-state index in [-0.39, 0.29) is 6.54 Å². The van der Waals surface area contributed by atoms with Crippen LogP contribution in [0.3, 0.4) is 0 Å². The van der Waals surface area contributed by atoms with Gasteiger partial charge in [-0.15, -0.1) is 0 Å². The Labute approximate surface area is 129 Å². The maximum Gasteiger partial charge on any atom is 0.306 e. The van der Waals surface area contributed by atoms with Crippen molar-refractivity contribution in [2.24, 2.45) is 0 Å². The fraction of sp³-hybridized carbons (Fsp3) is 0.333. The van der Waals surface area contributed by atoms with Crippen LogP contribution in [-0.4, -0.2) is 34.2 Å². The molecular formula is C12H13ClINO4. The van der Waals surface area contributed by atoms with E-state index in [2.05, 4.69) is 5.32 Å². The van der Waals surface area contributed by atoms with Gasteiger partial charge in [-0.05, 0) is 47.7 Å². The number of nitrogens with one attached hydrogen (secondary N) is 1. The summed E-state index contributed by atoms with van der Waals surface area (Å²) in [6, 6.07) is 4.83. The van der Waals surface area contributed by atoms with Crippen LogP contribution in [0.4, 0.5) is 0 Å². The third-order valence-electron chi connectivity index (χ3n) is 2.34. The highest BCUT2D eigenvalue weighted by molar-refractivity contribution is 14.1. The molecule has 5 nitrogen and oxygen atoms in total. The molecule has 1 unspecified atom stereocenters. The predicted molar refractivity (Wildman–Crippen MR) is 79.4 cm³/mol. The zero-order chi connectivity index (χ0) is 14.6. The molecule has 0 aliphatic heterocycles. The first-order valence-corrected chi connectivity index (χ1v) is 6.84. The maximum atomic E-state index is 11.8. The summed E-state index contributed by atoms with van der Waals surface area (Å²) >= 11 is 7.95. The highest BCUT2D eigenvalue weighted by atomic mass is 127. The molecule has 0 spiro atoms. The zero-order valence-corrected chi connectivity index (χ0v) is 13.0. The van der Waals surface area contributed by atoms with Gasteiger partial charge >= 0.3 is 5.97 Å². The molecule has 0 saturated heterocycles. The fourth-order valence-electron chi connectivity index (χ4n) is 1.40. The molecule has 0 aliphatic carbocycles. The van der Waals surface area contributed by atoms with Gasteiger partial charge in [0.05, 0.1) is 17.0 Å². The summed E-state index contributed by atoms with van der Waals surface area (Å²) in [5.41, 5.74) is -1.13. The van der Waals surface area contributed by atoms with Gasteiger partial charge in [-0.25, -0.2) is 0 Å². The molecule has 1 atom stereocenters. The van der Waals surface area contributed by atoms with Crippen LogP contribution >= 0.6 is 34.2 Å². The summed E-state index contributed by atoms with van der Waals surface area (Å²) in [5.74, 6) is -1.54. The van der Waals surface area contributed by atoms with Crippen LogP contribution < -0.4 is 5.32 Å². The molecule has 3 N–H and O–H groups in total. The van der Waals surface area contributed by atoms with Gasteiger partial charge < -0.3 is 15.5 Å². The molecular weight excluding hydrogens is 384 g/mol. The number of benzene rings is 1. The third kappa shape index (κ3) is 5.33. The molecule has 0 heterocycles. The van der Waals surface area contributed by atoms with E-state index in [4.69, 9.17) is 16.7 Å². The number of carboxylic acids is 1. The number of rotatable bonds is 5. The van der Waals surface area contributed by atoms with Crippen LogP contribution in [0.5, 0.6) is 0 Å². The number of carbonyl (C=O) groups excluding carboxylic acids is 1. The first-order chi connectivity index (χ1) is 8.71. The Kier molecular flexibility index (Phi) is 5.57. The Morgan fingerprint density at radius 3 is 2.63 bits per heavy atom. The smallest absolute Gasteiger partial charge is 0.306 e. The van der Waals surface area contributed by atoms with E-state index in [1.807, 2.05) is 22.6 Å². The van der Waals surface area contributed by atoms with Crippen molar-refractivity contribution in [1.82, 2.24) is 5.32 Å². The average Bonchev–Trinajstić information content (AvgIpc) is 2.28. The number of hydrogen-bond acceptors (Lipinski definition) is 3. The Bertz CT molecular complexity index is 505. The fourth-order valence-corrected chi connectivity index (χ4v) is 1.91. The second kappa shape index (κ2) is 6.53. The van der Waals surface area contributed by atoms with Crippen molar-refractivity contribution in [1.29, 1.82) is 0 Å². The van der Waals surface area contributed by atoms with Crippen molar-refractivity contribution in [3.8, 4) is 0 Å². The first-order valence-electron chi connectivity index (χ1n) is 5.39. The minimum atomic E-state index is -1.49. The summed E-state index contributed by atoms with van der Waals surface area (Å²) < 4.78 is 0.827. The summed E-state index contributed by atoms with van der Waals surface area (Å²) in [6.45, 7) is 1.20. The van der Waals surface area contributed by atoms with Crippen molar-refractivity contribution in [3.05, 3.63) is 32.4 Å². The van der Waals surface area contributed by atoms with E-state index in [9.17, 15) is 14.7 Å². The zero-order valence-electron chi connectivity index (χ0n) is 10.1. The number of aliphatic hydroxyl groups is 1. The van der Waals surface area contributed by atoms with E-state index in [1.165, 1.54) is 13.0 Å². The topological polar surface area (TPSA) is 86.6 Å². The van der Waals surface area contributed by atoms with E-state index in [0.29, 0.717) is 10.6 Å². The molecule has 0 radical (unpaired) electrons. The molecule has 0 aliphatic rings. The third-order valence-corrected chi connectivity index (χ3v) is 3.92. The molecule has 0 aromatic heterocycles. The minimum Gasteiger partial charge on any atom is -0.481 e. The van der Waals surface area contributed by atoms with E-state index >= 15 is 0 Å². The molecule has 0 bridgehead atoms. The average molecular weight is 398 g/mol. The molecule has 1 amide bonds. The molecule has 104 valence electrons. The molecule has 1 rings (SSSR count). The van der Waals surface area contributed by atoms with Crippen LogP contribution in [0.2, 0.25) is 5.02 Å². The highest BCUT2D eigenvalue weighted by Gasteiger charge is 2.25. The normalized spacial score (nSPS) is 13.7. The lowest BCUT2D eigenvalue weighted by atomic mass is 10.0. The van der Waals surface area contributed by atoms with Crippen molar-refractivity contribution in [2.75, 3.05) is 6.54 Å². The molecule has 0 saturated carbocycles. The molecule has 1 aromatic rings. The van der Waals surface area contributed by atoms with E-state index in [1.54, 1.807) is 12.1 Å². The molecule has 1 aromatic carbocycles. The summed E-state index contributed by atoms with van der Waals surface area (Å²) in [7, 11) is 0. The number of halogens is 2.